The van der Waals surface area contributed by atoms with Crippen LogP contribution in [0.5, 0.6) is 0 Å². The summed E-state index contributed by atoms with van der Waals surface area (Å²) in [5.74, 6) is 0.0414. The van der Waals surface area contributed by atoms with Crippen molar-refractivity contribution < 1.29 is 9.53 Å². The lowest BCUT2D eigenvalue weighted by atomic mass is 10.0. The molecule has 6 heteroatoms. The van der Waals surface area contributed by atoms with Crippen LogP contribution in [0.15, 0.2) is 22.7 Å². The number of carbonyl (C=O) groups is 1. The number of imidazole rings is 1. The van der Waals surface area contributed by atoms with Crippen LogP contribution < -0.4 is 5.73 Å². The monoisotopic (exact) mass is 367 g/mol. The molecule has 2 N–H and O–H groups in total. The molecule has 2 rings (SSSR count). The van der Waals surface area contributed by atoms with Crippen molar-refractivity contribution in [2.24, 2.45) is 5.92 Å². The summed E-state index contributed by atoms with van der Waals surface area (Å²) in [6.07, 6.45) is 0. The van der Waals surface area contributed by atoms with Crippen LogP contribution in [0.4, 0.5) is 5.95 Å². The molecule has 2 aromatic rings. The number of nitrogens with zero attached hydrogens (tertiary/aromatic N) is 2. The van der Waals surface area contributed by atoms with Crippen LogP contribution in [0.3, 0.4) is 0 Å². The quantitative estimate of drug-likeness (QED) is 0.834. The fourth-order valence-corrected chi connectivity index (χ4v) is 2.76. The number of halogens is 1. The zero-order chi connectivity index (χ0) is 16.7. The van der Waals surface area contributed by atoms with E-state index in [1.807, 2.05) is 52.8 Å². The smallest absolute Gasteiger partial charge is 0.330 e. The van der Waals surface area contributed by atoms with Gasteiger partial charge in [0, 0.05) is 4.47 Å². The highest BCUT2D eigenvalue weighted by atomic mass is 79.9. The van der Waals surface area contributed by atoms with E-state index in [0.29, 0.717) is 5.95 Å². The molecule has 1 aromatic carbocycles. The van der Waals surface area contributed by atoms with Crippen molar-refractivity contribution in [1.82, 2.24) is 9.55 Å². The van der Waals surface area contributed by atoms with Gasteiger partial charge in [-0.05, 0) is 44.9 Å². The molecule has 0 radical (unpaired) electrons. The second kappa shape index (κ2) is 5.91. The SMILES string of the molecule is CC(C)C(C(=O)OC(C)(C)C)n1c(N)nc2ccc(Br)cc21. The Morgan fingerprint density at radius 2 is 2.00 bits per heavy atom. The molecule has 0 aliphatic rings. The standard InChI is InChI=1S/C16H22BrN3O2/c1-9(2)13(14(21)22-16(3,4)5)20-12-8-10(17)6-7-11(12)19-15(20)18/h6-9,13H,1-5H3,(H2,18,19). The molecule has 0 saturated heterocycles. The molecule has 5 nitrogen and oxygen atoms in total. The fourth-order valence-electron chi connectivity index (χ4n) is 2.41. The van der Waals surface area contributed by atoms with Crippen molar-refractivity contribution in [2.45, 2.75) is 46.3 Å². The molecule has 120 valence electrons. The number of hydrogen-bond acceptors (Lipinski definition) is 4. The van der Waals surface area contributed by atoms with Gasteiger partial charge in [-0.25, -0.2) is 9.78 Å². The maximum Gasteiger partial charge on any atom is 0.330 e. The Balaban J connectivity index is 2.56. The van der Waals surface area contributed by atoms with E-state index in [1.165, 1.54) is 0 Å². The summed E-state index contributed by atoms with van der Waals surface area (Å²) >= 11 is 3.45. The highest BCUT2D eigenvalue weighted by molar-refractivity contribution is 9.10. The summed E-state index contributed by atoms with van der Waals surface area (Å²) in [4.78, 5) is 17.0. The molecular formula is C16H22BrN3O2. The maximum atomic E-state index is 12.6. The molecule has 1 unspecified atom stereocenters. The molecular weight excluding hydrogens is 346 g/mol. The normalized spacial score (nSPS) is 13.6. The van der Waals surface area contributed by atoms with Gasteiger partial charge in [0.15, 0.2) is 0 Å². The number of nitrogens with two attached hydrogens (primary N) is 1. The second-order valence-corrected chi connectivity index (χ2v) is 7.61. The Labute approximate surface area is 139 Å². The number of benzene rings is 1. The van der Waals surface area contributed by atoms with Crippen molar-refractivity contribution in [3.05, 3.63) is 22.7 Å². The Morgan fingerprint density at radius 3 is 2.55 bits per heavy atom. The molecule has 0 aliphatic heterocycles. The van der Waals surface area contributed by atoms with Crippen LogP contribution >= 0.6 is 15.9 Å². The van der Waals surface area contributed by atoms with Crippen molar-refractivity contribution in [1.29, 1.82) is 0 Å². The van der Waals surface area contributed by atoms with Crippen molar-refractivity contribution in [3.8, 4) is 0 Å². The fraction of sp³-hybridized carbons (Fsp3) is 0.500. The van der Waals surface area contributed by atoms with E-state index in [4.69, 9.17) is 10.5 Å². The number of aromatic nitrogens is 2. The van der Waals surface area contributed by atoms with Gasteiger partial charge in [0.25, 0.3) is 0 Å². The van der Waals surface area contributed by atoms with Crippen molar-refractivity contribution >= 4 is 38.9 Å². The minimum absolute atomic E-state index is 0.0218. The molecule has 1 heterocycles. The number of ether oxygens (including phenoxy) is 1. The molecule has 22 heavy (non-hydrogen) atoms. The minimum atomic E-state index is -0.546. The van der Waals surface area contributed by atoms with Gasteiger partial charge in [0.1, 0.15) is 11.6 Å². The Morgan fingerprint density at radius 1 is 1.36 bits per heavy atom. The second-order valence-electron chi connectivity index (χ2n) is 6.70. The van der Waals surface area contributed by atoms with Crippen molar-refractivity contribution in [2.75, 3.05) is 5.73 Å². The lowest BCUT2D eigenvalue weighted by Crippen LogP contribution is -2.33. The Bertz CT molecular complexity index is 701. The number of hydrogen-bond donors (Lipinski definition) is 1. The average molecular weight is 368 g/mol. The van der Waals surface area contributed by atoms with E-state index < -0.39 is 11.6 Å². The number of carbonyl (C=O) groups excluding carboxylic acids is 1. The van der Waals surface area contributed by atoms with Gasteiger partial charge in [-0.15, -0.1) is 0 Å². The van der Waals surface area contributed by atoms with Crippen LogP contribution in [0.1, 0.15) is 40.7 Å². The first-order chi connectivity index (χ1) is 10.1. The van der Waals surface area contributed by atoms with Gasteiger partial charge in [0.2, 0.25) is 5.95 Å². The summed E-state index contributed by atoms with van der Waals surface area (Å²) in [7, 11) is 0. The number of esters is 1. The summed E-state index contributed by atoms with van der Waals surface area (Å²) in [6, 6.07) is 5.17. The average Bonchev–Trinajstić information content (AvgIpc) is 2.64. The molecule has 0 fully saturated rings. The lowest BCUT2D eigenvalue weighted by molar-refractivity contribution is -0.160. The first kappa shape index (κ1) is 16.8. The zero-order valence-electron chi connectivity index (χ0n) is 13.6. The summed E-state index contributed by atoms with van der Waals surface area (Å²) in [6.45, 7) is 9.51. The maximum absolute atomic E-state index is 12.6. The van der Waals surface area contributed by atoms with Gasteiger partial charge in [-0.3, -0.25) is 4.57 Å². The highest BCUT2D eigenvalue weighted by Crippen LogP contribution is 2.31. The Kier molecular flexibility index (Phi) is 4.52. The predicted molar refractivity (Wildman–Crippen MR) is 91.6 cm³/mol. The third-order valence-electron chi connectivity index (χ3n) is 3.24. The number of anilines is 1. The number of nitrogen functional groups attached to an aromatic ring is 1. The summed E-state index contributed by atoms with van der Waals surface area (Å²) in [5, 5.41) is 0. The van der Waals surface area contributed by atoms with E-state index in [2.05, 4.69) is 20.9 Å². The summed E-state index contributed by atoms with van der Waals surface area (Å²) < 4.78 is 8.24. The van der Waals surface area contributed by atoms with Crippen LogP contribution in [-0.2, 0) is 9.53 Å². The molecule has 1 aromatic heterocycles. The van der Waals surface area contributed by atoms with Crippen LogP contribution in [0, 0.1) is 5.92 Å². The highest BCUT2D eigenvalue weighted by Gasteiger charge is 2.32. The van der Waals surface area contributed by atoms with E-state index in [0.717, 1.165) is 15.5 Å². The van der Waals surface area contributed by atoms with E-state index >= 15 is 0 Å². The Hall–Kier alpha value is -1.56. The molecule has 0 aliphatic carbocycles. The largest absolute Gasteiger partial charge is 0.458 e. The first-order valence-electron chi connectivity index (χ1n) is 7.26. The van der Waals surface area contributed by atoms with Crippen LogP contribution in [0.2, 0.25) is 0 Å². The lowest BCUT2D eigenvalue weighted by Gasteiger charge is -2.27. The van der Waals surface area contributed by atoms with Gasteiger partial charge in [-0.1, -0.05) is 29.8 Å². The van der Waals surface area contributed by atoms with Crippen molar-refractivity contribution in [3.63, 3.8) is 0 Å². The molecule has 0 saturated carbocycles. The predicted octanol–water partition coefficient (Wildman–Crippen LogP) is 3.92. The van der Waals surface area contributed by atoms with Gasteiger partial charge < -0.3 is 10.5 Å². The molecule has 0 spiro atoms. The first-order valence-corrected chi connectivity index (χ1v) is 8.05. The third kappa shape index (κ3) is 3.43. The third-order valence-corrected chi connectivity index (χ3v) is 3.73. The zero-order valence-corrected chi connectivity index (χ0v) is 15.1. The van der Waals surface area contributed by atoms with Gasteiger partial charge >= 0.3 is 5.97 Å². The minimum Gasteiger partial charge on any atom is -0.458 e. The molecule has 0 bridgehead atoms. The molecule has 1 atom stereocenters. The van der Waals surface area contributed by atoms with Crippen LogP contribution in [-0.4, -0.2) is 21.1 Å². The molecule has 0 amide bonds. The van der Waals surface area contributed by atoms with E-state index in [1.54, 1.807) is 4.57 Å². The van der Waals surface area contributed by atoms with E-state index in [-0.39, 0.29) is 11.9 Å². The summed E-state index contributed by atoms with van der Waals surface area (Å²) in [5.41, 5.74) is 7.10. The van der Waals surface area contributed by atoms with Gasteiger partial charge in [0.05, 0.1) is 11.0 Å². The number of rotatable bonds is 3. The van der Waals surface area contributed by atoms with Gasteiger partial charge in [-0.2, -0.15) is 0 Å². The number of fused-ring (bicyclic) bond motifs is 1. The van der Waals surface area contributed by atoms with Crippen LogP contribution in [0.25, 0.3) is 11.0 Å². The topological polar surface area (TPSA) is 70.1 Å². The van der Waals surface area contributed by atoms with E-state index in [9.17, 15) is 4.79 Å².